The first-order chi connectivity index (χ1) is 12.1. The van der Waals surface area contributed by atoms with Crippen LogP contribution in [-0.4, -0.2) is 63.7 Å². The highest BCUT2D eigenvalue weighted by atomic mass is 16.5. The zero-order chi connectivity index (χ0) is 18.1. The van der Waals surface area contributed by atoms with Gasteiger partial charge in [0.05, 0.1) is 19.6 Å². The molecular formula is C18H27N3O4. The third-order valence-electron chi connectivity index (χ3n) is 4.20. The number of methoxy groups -OCH3 is 2. The molecule has 0 saturated carbocycles. The molecule has 1 unspecified atom stereocenters. The fourth-order valence-corrected chi connectivity index (χ4v) is 2.77. The van der Waals surface area contributed by atoms with Gasteiger partial charge in [0.15, 0.2) is 0 Å². The van der Waals surface area contributed by atoms with Crippen molar-refractivity contribution in [1.29, 1.82) is 0 Å². The van der Waals surface area contributed by atoms with Gasteiger partial charge in [0, 0.05) is 46.3 Å². The largest absolute Gasteiger partial charge is 0.497 e. The molecule has 1 saturated heterocycles. The van der Waals surface area contributed by atoms with Crippen molar-refractivity contribution in [2.24, 2.45) is 5.92 Å². The van der Waals surface area contributed by atoms with E-state index >= 15 is 0 Å². The molecule has 7 nitrogen and oxygen atoms in total. The van der Waals surface area contributed by atoms with Gasteiger partial charge < -0.3 is 25.0 Å². The van der Waals surface area contributed by atoms with E-state index < -0.39 is 0 Å². The van der Waals surface area contributed by atoms with Crippen LogP contribution in [0.3, 0.4) is 0 Å². The second-order valence-corrected chi connectivity index (χ2v) is 6.06. The van der Waals surface area contributed by atoms with Gasteiger partial charge in [-0.3, -0.25) is 9.59 Å². The van der Waals surface area contributed by atoms with E-state index in [1.54, 1.807) is 19.1 Å². The molecule has 1 aliphatic rings. The lowest BCUT2D eigenvalue weighted by Gasteiger charge is -2.17. The third kappa shape index (κ3) is 6.03. The van der Waals surface area contributed by atoms with E-state index in [0.29, 0.717) is 32.8 Å². The monoisotopic (exact) mass is 349 g/mol. The molecule has 2 rings (SSSR count). The van der Waals surface area contributed by atoms with Gasteiger partial charge in [0.25, 0.3) is 0 Å². The number of nitrogens with one attached hydrogen (secondary N) is 2. The fourth-order valence-electron chi connectivity index (χ4n) is 2.77. The first-order valence-corrected chi connectivity index (χ1v) is 8.52. The number of likely N-dealkylation sites (tertiary alicyclic amines) is 1. The molecule has 138 valence electrons. The lowest BCUT2D eigenvalue weighted by atomic mass is 10.1. The SMILES string of the molecule is COCCNCCNC(=O)C1CC(=O)N(Cc2ccc(OC)cc2)C1. The van der Waals surface area contributed by atoms with E-state index in [2.05, 4.69) is 10.6 Å². The number of amides is 2. The molecule has 0 aromatic heterocycles. The maximum atomic E-state index is 12.2. The summed E-state index contributed by atoms with van der Waals surface area (Å²) in [6.45, 7) is 3.62. The van der Waals surface area contributed by atoms with Crippen LogP contribution in [0.25, 0.3) is 0 Å². The molecule has 1 aromatic rings. The van der Waals surface area contributed by atoms with E-state index in [-0.39, 0.29) is 24.2 Å². The Balaban J connectivity index is 1.73. The van der Waals surface area contributed by atoms with Crippen molar-refractivity contribution in [2.75, 3.05) is 47.0 Å². The maximum Gasteiger partial charge on any atom is 0.225 e. The van der Waals surface area contributed by atoms with Crippen molar-refractivity contribution < 1.29 is 19.1 Å². The van der Waals surface area contributed by atoms with Crippen LogP contribution in [0.15, 0.2) is 24.3 Å². The lowest BCUT2D eigenvalue weighted by molar-refractivity contribution is -0.129. The Bertz CT molecular complexity index is 562. The standard InChI is InChI=1S/C18H27N3O4/c1-24-10-9-19-7-8-20-18(23)15-11-17(22)21(13-15)12-14-3-5-16(25-2)6-4-14/h3-6,15,19H,7-13H2,1-2H3,(H,20,23). The minimum Gasteiger partial charge on any atom is -0.497 e. The summed E-state index contributed by atoms with van der Waals surface area (Å²) in [6, 6.07) is 7.61. The summed E-state index contributed by atoms with van der Waals surface area (Å²) in [5.74, 6) is 0.478. The molecule has 1 atom stereocenters. The van der Waals surface area contributed by atoms with Crippen LogP contribution >= 0.6 is 0 Å². The van der Waals surface area contributed by atoms with Crippen molar-refractivity contribution in [3.05, 3.63) is 29.8 Å². The predicted molar refractivity (Wildman–Crippen MR) is 94.3 cm³/mol. The molecule has 1 aromatic carbocycles. The Morgan fingerprint density at radius 3 is 2.64 bits per heavy atom. The van der Waals surface area contributed by atoms with Gasteiger partial charge >= 0.3 is 0 Å². The molecule has 0 aliphatic carbocycles. The molecule has 1 fully saturated rings. The molecule has 0 spiro atoms. The van der Waals surface area contributed by atoms with Crippen LogP contribution in [-0.2, 0) is 20.9 Å². The first-order valence-electron chi connectivity index (χ1n) is 8.52. The Morgan fingerprint density at radius 2 is 1.96 bits per heavy atom. The van der Waals surface area contributed by atoms with E-state index in [0.717, 1.165) is 17.9 Å². The van der Waals surface area contributed by atoms with Crippen LogP contribution < -0.4 is 15.4 Å². The van der Waals surface area contributed by atoms with Crippen molar-refractivity contribution in [3.63, 3.8) is 0 Å². The Labute approximate surface area is 148 Å². The van der Waals surface area contributed by atoms with Crippen LogP contribution in [0.5, 0.6) is 5.75 Å². The normalized spacial score (nSPS) is 17.0. The number of benzene rings is 1. The minimum absolute atomic E-state index is 0.0224. The number of carbonyl (C=O) groups is 2. The summed E-state index contributed by atoms with van der Waals surface area (Å²) in [7, 11) is 3.27. The zero-order valence-electron chi connectivity index (χ0n) is 14.9. The van der Waals surface area contributed by atoms with Crippen molar-refractivity contribution >= 4 is 11.8 Å². The number of hydrogen-bond donors (Lipinski definition) is 2. The summed E-state index contributed by atoms with van der Waals surface area (Å²) in [4.78, 5) is 26.1. The van der Waals surface area contributed by atoms with Crippen LogP contribution in [0.1, 0.15) is 12.0 Å². The highest BCUT2D eigenvalue weighted by Gasteiger charge is 2.33. The summed E-state index contributed by atoms with van der Waals surface area (Å²) < 4.78 is 10.1. The molecule has 0 bridgehead atoms. The van der Waals surface area contributed by atoms with Gasteiger partial charge in [-0.05, 0) is 17.7 Å². The number of ether oxygens (including phenoxy) is 2. The van der Waals surface area contributed by atoms with E-state index in [9.17, 15) is 9.59 Å². The van der Waals surface area contributed by atoms with Crippen molar-refractivity contribution in [2.45, 2.75) is 13.0 Å². The Kier molecular flexibility index (Phi) is 7.69. The summed E-state index contributed by atoms with van der Waals surface area (Å²) in [6.07, 6.45) is 0.277. The molecule has 1 aliphatic heterocycles. The maximum absolute atomic E-state index is 12.2. The van der Waals surface area contributed by atoms with Crippen LogP contribution in [0.2, 0.25) is 0 Å². The van der Waals surface area contributed by atoms with E-state index in [4.69, 9.17) is 9.47 Å². The predicted octanol–water partition coefficient (Wildman–Crippen LogP) is 0.396. The Hall–Kier alpha value is -2.12. The van der Waals surface area contributed by atoms with Crippen LogP contribution in [0, 0.1) is 5.92 Å². The van der Waals surface area contributed by atoms with Gasteiger partial charge in [-0.25, -0.2) is 0 Å². The highest BCUT2D eigenvalue weighted by Crippen LogP contribution is 2.21. The summed E-state index contributed by atoms with van der Waals surface area (Å²) in [5.41, 5.74) is 1.03. The third-order valence-corrected chi connectivity index (χ3v) is 4.20. The molecule has 25 heavy (non-hydrogen) atoms. The van der Waals surface area contributed by atoms with Gasteiger partial charge in [0.1, 0.15) is 5.75 Å². The molecule has 2 amide bonds. The second kappa shape index (κ2) is 10.0. The quantitative estimate of drug-likeness (QED) is 0.598. The number of carbonyl (C=O) groups excluding carboxylic acids is 2. The fraction of sp³-hybridized carbons (Fsp3) is 0.556. The van der Waals surface area contributed by atoms with Crippen molar-refractivity contribution in [1.82, 2.24) is 15.5 Å². The molecular weight excluding hydrogens is 322 g/mol. The lowest BCUT2D eigenvalue weighted by Crippen LogP contribution is -2.37. The first kappa shape index (κ1) is 19.2. The smallest absolute Gasteiger partial charge is 0.225 e. The zero-order valence-corrected chi connectivity index (χ0v) is 14.9. The Morgan fingerprint density at radius 1 is 1.20 bits per heavy atom. The van der Waals surface area contributed by atoms with Gasteiger partial charge in [0.2, 0.25) is 11.8 Å². The van der Waals surface area contributed by atoms with E-state index in [1.165, 1.54) is 0 Å². The van der Waals surface area contributed by atoms with Crippen LogP contribution in [0.4, 0.5) is 0 Å². The summed E-state index contributed by atoms with van der Waals surface area (Å²) >= 11 is 0. The van der Waals surface area contributed by atoms with Gasteiger partial charge in [-0.2, -0.15) is 0 Å². The number of hydrogen-bond acceptors (Lipinski definition) is 5. The van der Waals surface area contributed by atoms with Crippen molar-refractivity contribution in [3.8, 4) is 5.75 Å². The molecule has 0 radical (unpaired) electrons. The van der Waals surface area contributed by atoms with Gasteiger partial charge in [-0.1, -0.05) is 12.1 Å². The topological polar surface area (TPSA) is 79.9 Å². The minimum atomic E-state index is -0.273. The average molecular weight is 349 g/mol. The summed E-state index contributed by atoms with van der Waals surface area (Å²) in [5, 5.41) is 6.05. The van der Waals surface area contributed by atoms with Gasteiger partial charge in [-0.15, -0.1) is 0 Å². The highest BCUT2D eigenvalue weighted by molar-refractivity contribution is 5.89. The molecule has 2 N–H and O–H groups in total. The number of nitrogens with zero attached hydrogens (tertiary/aromatic N) is 1. The second-order valence-electron chi connectivity index (χ2n) is 6.06. The molecule has 1 heterocycles. The van der Waals surface area contributed by atoms with E-state index in [1.807, 2.05) is 24.3 Å². The molecule has 7 heteroatoms. The average Bonchev–Trinajstić information content (AvgIpc) is 2.99. The number of rotatable bonds is 10.